The molecule has 7 rings (SSSR count). The van der Waals surface area contributed by atoms with Crippen LogP contribution in [0.1, 0.15) is 49.7 Å². The van der Waals surface area contributed by atoms with Crippen molar-refractivity contribution in [3.8, 4) is 0 Å². The largest absolute Gasteiger partial charge is 0.340 e. The quantitative estimate of drug-likeness (QED) is 0.754. The Morgan fingerprint density at radius 2 is 1.42 bits per heavy atom. The zero-order valence-electron chi connectivity index (χ0n) is 18.6. The first-order valence-electron chi connectivity index (χ1n) is 12.4. The fourth-order valence-corrected chi connectivity index (χ4v) is 7.82. The number of rotatable bonds is 3. The summed E-state index contributed by atoms with van der Waals surface area (Å²) in [6.07, 6.45) is 8.53. The van der Waals surface area contributed by atoms with Crippen LogP contribution in [0.25, 0.3) is 0 Å². The predicted octanol–water partition coefficient (Wildman–Crippen LogP) is 2.93. The monoisotopic (exact) mass is 421 g/mol. The van der Waals surface area contributed by atoms with Gasteiger partial charge in [0, 0.05) is 39.3 Å². The van der Waals surface area contributed by atoms with E-state index in [9.17, 15) is 9.59 Å². The van der Waals surface area contributed by atoms with Crippen molar-refractivity contribution in [1.29, 1.82) is 0 Å². The van der Waals surface area contributed by atoms with Crippen molar-refractivity contribution in [2.24, 2.45) is 23.2 Å². The standard InChI is InChI=1S/C26H35N3O2/c30-24(29-6-5-22-3-1-2-4-23(22)17-29)18-27-7-9-28(10-8-27)25(31)26-14-19-11-20(15-26)13-21(12-19)16-26/h1-4,19-21H,5-18H2. The van der Waals surface area contributed by atoms with Crippen LogP contribution < -0.4 is 0 Å². The molecule has 0 atom stereocenters. The topological polar surface area (TPSA) is 43.9 Å². The summed E-state index contributed by atoms with van der Waals surface area (Å²) < 4.78 is 0. The number of fused-ring (bicyclic) bond motifs is 1. The Morgan fingerprint density at radius 3 is 2.06 bits per heavy atom. The van der Waals surface area contributed by atoms with E-state index < -0.39 is 0 Å². The molecule has 0 unspecified atom stereocenters. The number of carbonyl (C=O) groups is 2. The highest BCUT2D eigenvalue weighted by Crippen LogP contribution is 2.60. The van der Waals surface area contributed by atoms with Crippen molar-refractivity contribution in [2.75, 3.05) is 39.3 Å². The molecule has 5 nitrogen and oxygen atoms in total. The smallest absolute Gasteiger partial charge is 0.237 e. The van der Waals surface area contributed by atoms with Crippen molar-refractivity contribution < 1.29 is 9.59 Å². The van der Waals surface area contributed by atoms with Gasteiger partial charge in [-0.3, -0.25) is 14.5 Å². The van der Waals surface area contributed by atoms with Crippen molar-refractivity contribution in [3.63, 3.8) is 0 Å². The second-order valence-corrected chi connectivity index (χ2v) is 11.1. The van der Waals surface area contributed by atoms with Crippen LogP contribution in [0, 0.1) is 23.2 Å². The minimum Gasteiger partial charge on any atom is -0.340 e. The molecule has 0 radical (unpaired) electrons. The van der Waals surface area contributed by atoms with Crippen molar-refractivity contribution in [2.45, 2.75) is 51.5 Å². The molecule has 1 aromatic rings. The van der Waals surface area contributed by atoms with Crippen molar-refractivity contribution in [3.05, 3.63) is 35.4 Å². The molecule has 5 heteroatoms. The van der Waals surface area contributed by atoms with Crippen LogP contribution in [0.5, 0.6) is 0 Å². The van der Waals surface area contributed by atoms with Gasteiger partial charge in [0.15, 0.2) is 0 Å². The molecule has 1 aromatic carbocycles. The maximum absolute atomic E-state index is 13.6. The van der Waals surface area contributed by atoms with E-state index in [0.717, 1.165) is 82.7 Å². The maximum atomic E-state index is 13.6. The van der Waals surface area contributed by atoms with Crippen LogP contribution in [0.3, 0.4) is 0 Å². The van der Waals surface area contributed by atoms with E-state index in [2.05, 4.69) is 34.1 Å². The zero-order chi connectivity index (χ0) is 21.0. The van der Waals surface area contributed by atoms with Gasteiger partial charge in [-0.15, -0.1) is 0 Å². The van der Waals surface area contributed by atoms with E-state index in [-0.39, 0.29) is 11.3 Å². The van der Waals surface area contributed by atoms with E-state index in [1.807, 2.05) is 4.90 Å². The van der Waals surface area contributed by atoms with E-state index in [4.69, 9.17) is 0 Å². The number of nitrogens with zero attached hydrogens (tertiary/aromatic N) is 3. The van der Waals surface area contributed by atoms with Gasteiger partial charge in [-0.2, -0.15) is 0 Å². The number of hydrogen-bond acceptors (Lipinski definition) is 3. The molecule has 2 amide bonds. The maximum Gasteiger partial charge on any atom is 0.237 e. The highest BCUT2D eigenvalue weighted by Gasteiger charge is 2.55. The molecule has 6 aliphatic rings. The molecule has 0 N–H and O–H groups in total. The van der Waals surface area contributed by atoms with Crippen LogP contribution in [0.4, 0.5) is 0 Å². The van der Waals surface area contributed by atoms with Crippen LogP contribution in [0.15, 0.2) is 24.3 Å². The number of benzene rings is 1. The third kappa shape index (κ3) is 3.59. The molecule has 4 bridgehead atoms. The summed E-state index contributed by atoms with van der Waals surface area (Å²) in [5.74, 6) is 3.11. The third-order valence-electron chi connectivity index (χ3n) is 8.99. The molecule has 1 saturated heterocycles. The molecular weight excluding hydrogens is 386 g/mol. The van der Waals surface area contributed by atoms with Gasteiger partial charge in [-0.1, -0.05) is 24.3 Å². The second-order valence-electron chi connectivity index (χ2n) is 11.1. The number of hydrogen-bond donors (Lipinski definition) is 0. The number of carbonyl (C=O) groups excluding carboxylic acids is 2. The molecule has 0 spiro atoms. The van der Waals surface area contributed by atoms with Crippen molar-refractivity contribution >= 4 is 11.8 Å². The normalized spacial score (nSPS) is 34.6. The Morgan fingerprint density at radius 1 is 0.806 bits per heavy atom. The molecule has 2 aliphatic heterocycles. The lowest BCUT2D eigenvalue weighted by molar-refractivity contribution is -0.159. The van der Waals surface area contributed by atoms with Gasteiger partial charge in [0.25, 0.3) is 0 Å². The van der Waals surface area contributed by atoms with Gasteiger partial charge in [0.2, 0.25) is 11.8 Å². The lowest BCUT2D eigenvalue weighted by atomic mass is 9.49. The Bertz CT molecular complexity index is 838. The first-order valence-corrected chi connectivity index (χ1v) is 12.4. The average molecular weight is 422 g/mol. The summed E-state index contributed by atoms with van der Waals surface area (Å²) in [5.41, 5.74) is 2.63. The van der Waals surface area contributed by atoms with E-state index in [1.54, 1.807) is 0 Å². The van der Waals surface area contributed by atoms with Crippen LogP contribution in [-0.2, 0) is 22.6 Å². The van der Waals surface area contributed by atoms with Gasteiger partial charge in [-0.05, 0) is 73.8 Å². The summed E-state index contributed by atoms with van der Waals surface area (Å²) in [4.78, 5) is 32.9. The van der Waals surface area contributed by atoms with Crippen LogP contribution >= 0.6 is 0 Å². The summed E-state index contributed by atoms with van der Waals surface area (Å²) >= 11 is 0. The Labute approximate surface area is 185 Å². The molecule has 2 heterocycles. The van der Waals surface area contributed by atoms with Crippen LogP contribution in [-0.4, -0.2) is 65.8 Å². The Hall–Kier alpha value is -1.88. The second kappa shape index (κ2) is 7.61. The minimum atomic E-state index is -0.0338. The highest BCUT2D eigenvalue weighted by molar-refractivity contribution is 5.83. The van der Waals surface area contributed by atoms with Crippen molar-refractivity contribution in [1.82, 2.24) is 14.7 Å². The first-order chi connectivity index (χ1) is 15.1. The summed E-state index contributed by atoms with van der Waals surface area (Å²) in [6, 6.07) is 8.47. The van der Waals surface area contributed by atoms with Gasteiger partial charge >= 0.3 is 0 Å². The lowest BCUT2D eigenvalue weighted by Crippen LogP contribution is -2.58. The first kappa shape index (κ1) is 19.8. The number of amides is 2. The lowest BCUT2D eigenvalue weighted by Gasteiger charge is -2.57. The van der Waals surface area contributed by atoms with Crippen LogP contribution in [0.2, 0.25) is 0 Å². The van der Waals surface area contributed by atoms with Gasteiger partial charge in [-0.25, -0.2) is 0 Å². The molecule has 4 aliphatic carbocycles. The summed E-state index contributed by atoms with van der Waals surface area (Å²) in [5, 5.41) is 0. The zero-order valence-corrected chi connectivity index (χ0v) is 18.6. The van der Waals surface area contributed by atoms with E-state index >= 15 is 0 Å². The molecule has 166 valence electrons. The third-order valence-corrected chi connectivity index (χ3v) is 8.99. The van der Waals surface area contributed by atoms with E-state index in [0.29, 0.717) is 12.5 Å². The molecule has 5 fully saturated rings. The summed E-state index contributed by atoms with van der Waals surface area (Å²) in [7, 11) is 0. The minimum absolute atomic E-state index is 0.0338. The number of piperazine rings is 1. The molecule has 4 saturated carbocycles. The highest BCUT2D eigenvalue weighted by atomic mass is 16.2. The Balaban J connectivity index is 1.03. The summed E-state index contributed by atoms with van der Waals surface area (Å²) in [6.45, 7) is 5.28. The van der Waals surface area contributed by atoms with Gasteiger partial charge < -0.3 is 9.80 Å². The fourth-order valence-electron chi connectivity index (χ4n) is 7.82. The average Bonchev–Trinajstić information content (AvgIpc) is 2.78. The predicted molar refractivity (Wildman–Crippen MR) is 119 cm³/mol. The molecule has 31 heavy (non-hydrogen) atoms. The Kier molecular flexibility index (Phi) is 4.86. The van der Waals surface area contributed by atoms with E-state index in [1.165, 1.54) is 30.4 Å². The molecule has 0 aromatic heterocycles. The fraction of sp³-hybridized carbons (Fsp3) is 0.692. The van der Waals surface area contributed by atoms with Gasteiger partial charge in [0.05, 0.1) is 12.0 Å². The molecular formula is C26H35N3O2. The van der Waals surface area contributed by atoms with Gasteiger partial charge in [0.1, 0.15) is 0 Å². The SMILES string of the molecule is O=C(CN1CCN(C(=O)C23CC4CC(CC(C4)C2)C3)CC1)N1CCc2ccccc2C1.